The first-order chi connectivity index (χ1) is 8.58. The summed E-state index contributed by atoms with van der Waals surface area (Å²) in [5, 5.41) is 10.8. The van der Waals surface area contributed by atoms with E-state index in [1.54, 1.807) is 24.3 Å². The van der Waals surface area contributed by atoms with Gasteiger partial charge in [-0.15, -0.1) is 0 Å². The van der Waals surface area contributed by atoms with Crippen LogP contribution in [0.3, 0.4) is 0 Å². The Morgan fingerprint density at radius 3 is 2.56 bits per heavy atom. The number of benzene rings is 2. The Bertz CT molecular complexity index is 602. The zero-order valence-corrected chi connectivity index (χ0v) is 9.17. The zero-order valence-electron chi connectivity index (χ0n) is 9.17. The van der Waals surface area contributed by atoms with E-state index < -0.39 is 16.4 Å². The third kappa shape index (κ3) is 2.37. The number of nitrogens with two attached hydrogens (primary N) is 1. The molecule has 0 radical (unpaired) electrons. The highest BCUT2D eigenvalue weighted by atomic mass is 19.1. The fourth-order valence-corrected chi connectivity index (χ4v) is 1.41. The number of halogens is 1. The van der Waals surface area contributed by atoms with Gasteiger partial charge in [-0.05, 0) is 24.3 Å². The van der Waals surface area contributed by atoms with Crippen molar-refractivity contribution in [1.82, 2.24) is 0 Å². The Balaban J connectivity index is 2.41. The molecule has 0 spiro atoms. The fraction of sp³-hybridized carbons (Fsp3) is 0. The molecule has 0 unspecified atom stereocenters. The minimum atomic E-state index is -0.711. The quantitative estimate of drug-likeness (QED) is 0.514. The predicted molar refractivity (Wildman–Crippen MR) is 64.0 cm³/mol. The van der Waals surface area contributed by atoms with E-state index >= 15 is 0 Å². The van der Waals surface area contributed by atoms with Gasteiger partial charge in [0.05, 0.1) is 16.7 Å². The normalized spacial score (nSPS) is 10.1. The van der Waals surface area contributed by atoms with Gasteiger partial charge >= 0.3 is 5.69 Å². The molecule has 5 nitrogen and oxygen atoms in total. The lowest BCUT2D eigenvalue weighted by Crippen LogP contribution is -1.96. The van der Waals surface area contributed by atoms with Crippen LogP contribution in [0.4, 0.5) is 15.8 Å². The minimum Gasteiger partial charge on any atom is -0.448 e. The molecular formula is C12H9FN2O3. The number of nitrogens with zero attached hydrogens (tertiary/aromatic N) is 1. The van der Waals surface area contributed by atoms with Crippen molar-refractivity contribution in [3.63, 3.8) is 0 Å². The van der Waals surface area contributed by atoms with E-state index in [-0.39, 0.29) is 11.5 Å². The van der Waals surface area contributed by atoms with Crippen molar-refractivity contribution < 1.29 is 14.1 Å². The topological polar surface area (TPSA) is 78.4 Å². The van der Waals surface area contributed by atoms with Gasteiger partial charge in [0.25, 0.3) is 0 Å². The summed E-state index contributed by atoms with van der Waals surface area (Å²) >= 11 is 0. The molecule has 2 aromatic rings. The molecule has 18 heavy (non-hydrogen) atoms. The number of hydrogen-bond acceptors (Lipinski definition) is 4. The molecule has 2 aromatic carbocycles. The van der Waals surface area contributed by atoms with Crippen molar-refractivity contribution in [1.29, 1.82) is 0 Å². The monoisotopic (exact) mass is 248 g/mol. The molecule has 0 atom stereocenters. The van der Waals surface area contributed by atoms with Crippen molar-refractivity contribution in [2.75, 3.05) is 5.73 Å². The molecule has 6 heteroatoms. The third-order valence-corrected chi connectivity index (χ3v) is 2.26. The number of nitrogen functional groups attached to an aromatic ring is 1. The van der Waals surface area contributed by atoms with E-state index in [1.807, 2.05) is 0 Å². The van der Waals surface area contributed by atoms with Gasteiger partial charge in [-0.25, -0.2) is 4.39 Å². The molecule has 92 valence electrons. The molecule has 0 saturated carbocycles. The number of nitro groups is 1. The van der Waals surface area contributed by atoms with Gasteiger partial charge in [0.15, 0.2) is 5.75 Å². The summed E-state index contributed by atoms with van der Waals surface area (Å²) in [6.45, 7) is 0. The average Bonchev–Trinajstić information content (AvgIpc) is 2.34. The molecule has 0 saturated heterocycles. The Morgan fingerprint density at radius 2 is 1.89 bits per heavy atom. The number of nitro benzene ring substituents is 1. The molecule has 0 aliphatic heterocycles. The molecule has 0 aromatic heterocycles. The summed E-state index contributed by atoms with van der Waals surface area (Å²) in [4.78, 5) is 10.1. The van der Waals surface area contributed by atoms with Gasteiger partial charge < -0.3 is 10.5 Å². The van der Waals surface area contributed by atoms with Crippen LogP contribution in [0, 0.1) is 15.9 Å². The standard InChI is InChI=1S/C12H9FN2O3/c13-8-5-6-12(10(7-8)15(16)17)18-11-4-2-1-3-9(11)14/h1-7H,14H2. The number of hydrogen-bond donors (Lipinski definition) is 1. The summed E-state index contributed by atoms with van der Waals surface area (Å²) in [5.41, 5.74) is 5.55. The van der Waals surface area contributed by atoms with Crippen LogP contribution in [0.5, 0.6) is 11.5 Å². The Labute approximate surface area is 102 Å². The molecule has 0 aliphatic carbocycles. The first kappa shape index (κ1) is 11.8. The highest BCUT2D eigenvalue weighted by molar-refractivity contribution is 5.56. The molecule has 0 bridgehead atoms. The van der Waals surface area contributed by atoms with Crippen LogP contribution in [-0.2, 0) is 0 Å². The summed E-state index contributed by atoms with van der Waals surface area (Å²) in [6.07, 6.45) is 0. The van der Waals surface area contributed by atoms with Crippen LogP contribution in [0.25, 0.3) is 0 Å². The lowest BCUT2D eigenvalue weighted by molar-refractivity contribution is -0.385. The molecule has 2 N–H and O–H groups in total. The van der Waals surface area contributed by atoms with Crippen LogP contribution in [-0.4, -0.2) is 4.92 Å². The van der Waals surface area contributed by atoms with Crippen LogP contribution in [0.1, 0.15) is 0 Å². The Morgan fingerprint density at radius 1 is 1.17 bits per heavy atom. The summed E-state index contributed by atoms with van der Waals surface area (Å²) < 4.78 is 18.3. The fourth-order valence-electron chi connectivity index (χ4n) is 1.41. The van der Waals surface area contributed by atoms with Crippen LogP contribution < -0.4 is 10.5 Å². The molecular weight excluding hydrogens is 239 g/mol. The maximum atomic E-state index is 12.9. The number of para-hydroxylation sites is 2. The minimum absolute atomic E-state index is 0.0562. The number of anilines is 1. The van der Waals surface area contributed by atoms with Crippen LogP contribution >= 0.6 is 0 Å². The lowest BCUT2D eigenvalue weighted by atomic mass is 10.2. The van der Waals surface area contributed by atoms with E-state index in [4.69, 9.17) is 10.5 Å². The first-order valence-corrected chi connectivity index (χ1v) is 5.04. The second-order valence-electron chi connectivity index (χ2n) is 3.51. The predicted octanol–water partition coefficient (Wildman–Crippen LogP) is 3.11. The van der Waals surface area contributed by atoms with Crippen molar-refractivity contribution in [2.45, 2.75) is 0 Å². The Hall–Kier alpha value is -2.63. The number of ether oxygens (including phenoxy) is 1. The van der Waals surface area contributed by atoms with Gasteiger partial charge in [-0.1, -0.05) is 12.1 Å². The van der Waals surface area contributed by atoms with Gasteiger partial charge in [0.2, 0.25) is 5.75 Å². The number of rotatable bonds is 3. The maximum absolute atomic E-state index is 12.9. The second-order valence-corrected chi connectivity index (χ2v) is 3.51. The van der Waals surface area contributed by atoms with Gasteiger partial charge in [0.1, 0.15) is 5.82 Å². The van der Waals surface area contributed by atoms with Gasteiger partial charge in [-0.3, -0.25) is 10.1 Å². The van der Waals surface area contributed by atoms with Gasteiger partial charge in [0, 0.05) is 0 Å². The third-order valence-electron chi connectivity index (χ3n) is 2.26. The summed E-state index contributed by atoms with van der Waals surface area (Å²) in [6, 6.07) is 9.64. The second kappa shape index (κ2) is 4.70. The van der Waals surface area contributed by atoms with Crippen molar-refractivity contribution in [3.05, 3.63) is 58.4 Å². The molecule has 0 fully saturated rings. The maximum Gasteiger partial charge on any atom is 0.314 e. The molecule has 0 aliphatic rings. The van der Waals surface area contributed by atoms with Gasteiger partial charge in [-0.2, -0.15) is 0 Å². The average molecular weight is 248 g/mol. The SMILES string of the molecule is Nc1ccccc1Oc1ccc(F)cc1[N+](=O)[O-]. The van der Waals surface area contributed by atoms with E-state index in [2.05, 4.69) is 0 Å². The van der Waals surface area contributed by atoms with Crippen molar-refractivity contribution >= 4 is 11.4 Å². The summed E-state index contributed by atoms with van der Waals surface area (Å²) in [7, 11) is 0. The van der Waals surface area contributed by atoms with E-state index in [1.165, 1.54) is 6.07 Å². The highest BCUT2D eigenvalue weighted by Gasteiger charge is 2.17. The zero-order chi connectivity index (χ0) is 13.1. The molecule has 2 rings (SSSR count). The Kier molecular flexibility index (Phi) is 3.09. The van der Waals surface area contributed by atoms with E-state index in [0.29, 0.717) is 5.69 Å². The highest BCUT2D eigenvalue weighted by Crippen LogP contribution is 2.34. The largest absolute Gasteiger partial charge is 0.448 e. The first-order valence-electron chi connectivity index (χ1n) is 5.04. The molecule has 0 amide bonds. The smallest absolute Gasteiger partial charge is 0.314 e. The van der Waals surface area contributed by atoms with Crippen LogP contribution in [0.2, 0.25) is 0 Å². The lowest BCUT2D eigenvalue weighted by Gasteiger charge is -2.08. The molecule has 0 heterocycles. The van der Waals surface area contributed by atoms with E-state index in [9.17, 15) is 14.5 Å². The van der Waals surface area contributed by atoms with Crippen molar-refractivity contribution in [3.8, 4) is 11.5 Å². The van der Waals surface area contributed by atoms with E-state index in [0.717, 1.165) is 12.1 Å². The van der Waals surface area contributed by atoms with Crippen LogP contribution in [0.15, 0.2) is 42.5 Å². The van der Waals surface area contributed by atoms with Crippen molar-refractivity contribution in [2.24, 2.45) is 0 Å². The summed E-state index contributed by atoms with van der Waals surface area (Å²) in [5.74, 6) is -0.471.